The molecule has 8 nitrogen and oxygen atoms in total. The van der Waals surface area contributed by atoms with Crippen LogP contribution in [-0.4, -0.2) is 35.8 Å². The van der Waals surface area contributed by atoms with Gasteiger partial charge < -0.3 is 9.57 Å². The lowest BCUT2D eigenvalue weighted by molar-refractivity contribution is -0.757. The van der Waals surface area contributed by atoms with Gasteiger partial charge in [0.05, 0.1) is 13.2 Å². The molecule has 1 aromatic rings. The molecule has 0 radical (unpaired) electrons. The van der Waals surface area contributed by atoms with E-state index in [0.29, 0.717) is 41.6 Å². The molecule has 0 spiro atoms. The highest BCUT2D eigenvalue weighted by atomic mass is 16.9. The molecule has 0 amide bonds. The van der Waals surface area contributed by atoms with Gasteiger partial charge in [0.2, 0.25) is 0 Å². The Morgan fingerprint density at radius 2 is 1.52 bits per heavy atom. The zero-order valence-electron chi connectivity index (χ0n) is 19.4. The molecule has 0 N–H and O–H groups in total. The fraction of sp³-hybridized carbons (Fsp3) is 0.480. The first kappa shape index (κ1) is 26.0. The smallest absolute Gasteiger partial charge is 0.305 e. The summed E-state index contributed by atoms with van der Waals surface area (Å²) in [6.45, 7) is 5.35. The predicted molar refractivity (Wildman–Crippen MR) is 122 cm³/mol. The van der Waals surface area contributed by atoms with Crippen LogP contribution < -0.4 is 0 Å². The van der Waals surface area contributed by atoms with E-state index in [2.05, 4.69) is 4.84 Å². The molecule has 0 saturated heterocycles. The predicted octanol–water partition coefficient (Wildman–Crippen LogP) is 4.67. The van der Waals surface area contributed by atoms with E-state index in [9.17, 15) is 24.5 Å². The third kappa shape index (κ3) is 7.37. The standard InChI is InChI=1S/C25H31NO7/c1-17-18(2)25(29)23(19(3)24(17)28)21(20-11-7-6-8-12-20)13-14-22(27)32-15-9-4-5-10-16-33-26(30)31/h6-8,11-12,21H,4-5,9-10,13-16H2,1-3H3. The minimum Gasteiger partial charge on any atom is -0.466 e. The number of esters is 1. The molecule has 0 heterocycles. The maximum absolute atomic E-state index is 13.1. The Kier molecular flexibility index (Phi) is 9.97. The summed E-state index contributed by atoms with van der Waals surface area (Å²) < 4.78 is 5.32. The van der Waals surface area contributed by atoms with Crippen molar-refractivity contribution < 1.29 is 29.0 Å². The molecule has 33 heavy (non-hydrogen) atoms. The lowest BCUT2D eigenvalue weighted by atomic mass is 9.76. The average molecular weight is 458 g/mol. The first-order valence-corrected chi connectivity index (χ1v) is 11.2. The highest BCUT2D eigenvalue weighted by molar-refractivity contribution is 6.25. The number of rotatable bonds is 13. The Balaban J connectivity index is 1.94. The van der Waals surface area contributed by atoms with E-state index in [1.807, 2.05) is 30.3 Å². The molecule has 0 aliphatic heterocycles. The third-order valence-corrected chi connectivity index (χ3v) is 5.92. The Hall–Kier alpha value is -3.29. The minimum atomic E-state index is -0.808. The highest BCUT2D eigenvalue weighted by Crippen LogP contribution is 2.37. The van der Waals surface area contributed by atoms with Gasteiger partial charge in [-0.15, -0.1) is 10.1 Å². The fourth-order valence-corrected chi connectivity index (χ4v) is 3.92. The number of benzene rings is 1. The summed E-state index contributed by atoms with van der Waals surface area (Å²) in [5.74, 6) is -1.01. The Morgan fingerprint density at radius 1 is 0.909 bits per heavy atom. The summed E-state index contributed by atoms with van der Waals surface area (Å²) in [4.78, 5) is 52.4. The van der Waals surface area contributed by atoms with Gasteiger partial charge in [0.15, 0.2) is 11.6 Å². The second-order valence-corrected chi connectivity index (χ2v) is 8.14. The number of allylic oxidation sites excluding steroid dienone is 4. The van der Waals surface area contributed by atoms with E-state index >= 15 is 0 Å². The van der Waals surface area contributed by atoms with Gasteiger partial charge in [-0.05, 0) is 52.0 Å². The fourth-order valence-electron chi connectivity index (χ4n) is 3.92. The van der Waals surface area contributed by atoms with E-state index in [1.165, 1.54) is 0 Å². The maximum atomic E-state index is 13.1. The van der Waals surface area contributed by atoms with E-state index < -0.39 is 5.09 Å². The van der Waals surface area contributed by atoms with Gasteiger partial charge in [0, 0.05) is 34.6 Å². The van der Waals surface area contributed by atoms with Gasteiger partial charge in [-0.25, -0.2) is 0 Å². The number of nitrogens with zero attached hydrogens (tertiary/aromatic N) is 1. The van der Waals surface area contributed by atoms with Crippen LogP contribution in [0.4, 0.5) is 0 Å². The van der Waals surface area contributed by atoms with Crippen LogP contribution in [0.15, 0.2) is 52.6 Å². The number of hydrogen-bond donors (Lipinski definition) is 0. The quantitative estimate of drug-likeness (QED) is 0.139. The van der Waals surface area contributed by atoms with Gasteiger partial charge in [-0.2, -0.15) is 0 Å². The second kappa shape index (κ2) is 12.7. The number of carbonyl (C=O) groups excluding carboxylic acids is 3. The van der Waals surface area contributed by atoms with Gasteiger partial charge >= 0.3 is 5.97 Å². The molecular formula is C25H31NO7. The zero-order chi connectivity index (χ0) is 24.4. The molecule has 1 aliphatic carbocycles. The van der Waals surface area contributed by atoms with Crippen LogP contribution >= 0.6 is 0 Å². The summed E-state index contributed by atoms with van der Waals surface area (Å²) in [6.07, 6.45) is 3.23. The Labute approximate surface area is 193 Å². The number of ether oxygens (including phenoxy) is 1. The number of unbranched alkanes of at least 4 members (excludes halogenated alkanes) is 3. The molecule has 8 heteroatoms. The normalized spacial score (nSPS) is 15.0. The largest absolute Gasteiger partial charge is 0.466 e. The van der Waals surface area contributed by atoms with E-state index in [0.717, 1.165) is 18.4 Å². The third-order valence-electron chi connectivity index (χ3n) is 5.92. The van der Waals surface area contributed by atoms with Gasteiger partial charge in [-0.1, -0.05) is 36.8 Å². The molecule has 178 valence electrons. The van der Waals surface area contributed by atoms with Crippen molar-refractivity contribution in [1.29, 1.82) is 0 Å². The Bertz CT molecular complexity index is 947. The van der Waals surface area contributed by atoms with Crippen molar-refractivity contribution in [3.05, 3.63) is 68.3 Å². The van der Waals surface area contributed by atoms with Crippen molar-refractivity contribution in [2.75, 3.05) is 13.2 Å². The molecule has 1 aromatic carbocycles. The topological polar surface area (TPSA) is 113 Å². The second-order valence-electron chi connectivity index (χ2n) is 8.14. The summed E-state index contributed by atoms with van der Waals surface area (Å²) >= 11 is 0. The highest BCUT2D eigenvalue weighted by Gasteiger charge is 2.33. The first-order chi connectivity index (χ1) is 15.7. The van der Waals surface area contributed by atoms with Crippen LogP contribution in [0.1, 0.15) is 70.8 Å². The lowest BCUT2D eigenvalue weighted by Crippen LogP contribution is -2.25. The van der Waals surface area contributed by atoms with E-state index in [-0.39, 0.29) is 43.1 Å². The van der Waals surface area contributed by atoms with Gasteiger partial charge in [0.25, 0.3) is 5.09 Å². The monoisotopic (exact) mass is 457 g/mol. The molecule has 1 unspecified atom stereocenters. The zero-order valence-corrected chi connectivity index (χ0v) is 19.4. The van der Waals surface area contributed by atoms with Crippen LogP contribution in [-0.2, 0) is 24.0 Å². The minimum absolute atomic E-state index is 0.0678. The number of Topliss-reactive ketones (excluding diaryl/α,β-unsaturated/α-hetero) is 2. The molecule has 1 atom stereocenters. The van der Waals surface area contributed by atoms with Gasteiger partial charge in [0.1, 0.15) is 0 Å². The molecule has 0 fully saturated rings. The van der Waals surface area contributed by atoms with Crippen molar-refractivity contribution in [2.45, 2.75) is 65.2 Å². The van der Waals surface area contributed by atoms with Crippen LogP contribution in [0.5, 0.6) is 0 Å². The summed E-state index contributed by atoms with van der Waals surface area (Å²) in [5.41, 5.74) is 2.70. The van der Waals surface area contributed by atoms with Crippen LogP contribution in [0.2, 0.25) is 0 Å². The van der Waals surface area contributed by atoms with Crippen molar-refractivity contribution in [3.8, 4) is 0 Å². The molecule has 0 saturated carbocycles. The van der Waals surface area contributed by atoms with Crippen LogP contribution in [0.25, 0.3) is 0 Å². The molecular weight excluding hydrogens is 426 g/mol. The molecule has 0 aromatic heterocycles. The van der Waals surface area contributed by atoms with Crippen LogP contribution in [0.3, 0.4) is 0 Å². The van der Waals surface area contributed by atoms with Gasteiger partial charge in [-0.3, -0.25) is 14.4 Å². The number of hydrogen-bond acceptors (Lipinski definition) is 7. The summed E-state index contributed by atoms with van der Waals surface area (Å²) in [7, 11) is 0. The first-order valence-electron chi connectivity index (χ1n) is 11.2. The molecule has 2 rings (SSSR count). The number of ketones is 2. The average Bonchev–Trinajstić information content (AvgIpc) is 2.80. The van der Waals surface area contributed by atoms with Crippen molar-refractivity contribution >= 4 is 17.5 Å². The summed E-state index contributed by atoms with van der Waals surface area (Å²) in [6, 6.07) is 9.42. The maximum Gasteiger partial charge on any atom is 0.305 e. The van der Waals surface area contributed by atoms with E-state index in [4.69, 9.17) is 4.74 Å². The Morgan fingerprint density at radius 3 is 2.15 bits per heavy atom. The van der Waals surface area contributed by atoms with E-state index in [1.54, 1.807) is 20.8 Å². The molecule has 1 aliphatic rings. The van der Waals surface area contributed by atoms with Crippen molar-refractivity contribution in [3.63, 3.8) is 0 Å². The van der Waals surface area contributed by atoms with Crippen LogP contribution in [0, 0.1) is 10.1 Å². The van der Waals surface area contributed by atoms with Crippen molar-refractivity contribution in [1.82, 2.24) is 0 Å². The summed E-state index contributed by atoms with van der Waals surface area (Å²) in [5, 5.41) is 9.27. The van der Waals surface area contributed by atoms with Crippen molar-refractivity contribution in [2.24, 2.45) is 0 Å². The molecule has 0 bridgehead atoms. The SMILES string of the molecule is CC1=C(C)C(=O)C(C(CCC(=O)OCCCCCCO[N+](=O)[O-])c2ccccc2)=C(C)C1=O. The lowest BCUT2D eigenvalue weighted by Gasteiger charge is -2.26. The number of carbonyl (C=O) groups is 3.